The third kappa shape index (κ3) is 8.43. The Bertz CT molecular complexity index is 2130. The number of carbonyl (C=O) groups is 1. The van der Waals surface area contributed by atoms with Crippen molar-refractivity contribution in [3.8, 4) is 0 Å². The Kier molecular flexibility index (Phi) is 10.7. The van der Waals surface area contributed by atoms with Crippen LogP contribution in [-0.4, -0.2) is 21.4 Å². The Morgan fingerprint density at radius 3 is 1.37 bits per heavy atom. The molecular weight excluding hydrogens is 637 g/mol. The molecule has 0 radical (unpaired) electrons. The molecule has 1 aliphatic carbocycles. The molecule has 0 amide bonds. The Hall–Kier alpha value is -6.52. The Balaban J connectivity index is 1.28. The van der Waals surface area contributed by atoms with Crippen LogP contribution in [0.1, 0.15) is 43.7 Å². The van der Waals surface area contributed by atoms with E-state index >= 15 is 0 Å². The van der Waals surface area contributed by atoms with Gasteiger partial charge in [0, 0.05) is 42.1 Å². The lowest BCUT2D eigenvalue weighted by Crippen LogP contribution is -2.22. The van der Waals surface area contributed by atoms with Crippen LogP contribution in [0.15, 0.2) is 200 Å². The molecule has 6 aromatic rings. The van der Waals surface area contributed by atoms with Crippen LogP contribution in [0.3, 0.4) is 0 Å². The van der Waals surface area contributed by atoms with Gasteiger partial charge in [0.25, 0.3) is 0 Å². The van der Waals surface area contributed by atoms with Crippen molar-refractivity contribution in [1.82, 2.24) is 0 Å². The maximum atomic E-state index is 12.5. The summed E-state index contributed by atoms with van der Waals surface area (Å²) >= 11 is 0. The fraction of sp³-hybridized carbons (Fsp3) is 0.0833. The summed E-state index contributed by atoms with van der Waals surface area (Å²) in [5.74, 6) is -0.949. The summed E-state index contributed by atoms with van der Waals surface area (Å²) in [6.45, 7) is 3.05. The van der Waals surface area contributed by atoms with Gasteiger partial charge in [0.1, 0.15) is 0 Å². The largest absolute Gasteiger partial charge is 0.478 e. The van der Waals surface area contributed by atoms with E-state index in [1.807, 2.05) is 36.4 Å². The van der Waals surface area contributed by atoms with E-state index in [1.54, 1.807) is 12.1 Å². The van der Waals surface area contributed by atoms with Crippen LogP contribution in [0.4, 0.5) is 5.69 Å². The highest BCUT2D eigenvalue weighted by Crippen LogP contribution is 2.34. The summed E-state index contributed by atoms with van der Waals surface area (Å²) in [6, 6.07) is 57.9. The quantitative estimate of drug-likeness (QED) is 0.131. The second-order valence-electron chi connectivity index (χ2n) is 13.0. The predicted octanol–water partition coefficient (Wildman–Crippen LogP) is 10.4. The highest BCUT2D eigenvalue weighted by atomic mass is 16.4. The van der Waals surface area contributed by atoms with Gasteiger partial charge in [-0.15, -0.1) is 0 Å². The van der Waals surface area contributed by atoms with Crippen molar-refractivity contribution in [2.24, 2.45) is 0 Å². The minimum atomic E-state index is -0.949. The molecule has 0 aliphatic heterocycles. The van der Waals surface area contributed by atoms with Gasteiger partial charge in [-0.25, -0.2) is 9.37 Å². The monoisotopic (exact) mass is 677 g/mol. The number of anilines is 1. The summed E-state index contributed by atoms with van der Waals surface area (Å²) in [4.78, 5) is 14.9. The molecule has 0 bridgehead atoms. The Labute approximate surface area is 306 Å². The van der Waals surface area contributed by atoms with Crippen molar-refractivity contribution in [2.45, 2.75) is 26.2 Å². The van der Waals surface area contributed by atoms with Gasteiger partial charge in [-0.05, 0) is 63.8 Å². The molecule has 7 rings (SSSR count). The fourth-order valence-corrected chi connectivity index (χ4v) is 6.74. The van der Waals surface area contributed by atoms with Crippen molar-refractivity contribution in [3.63, 3.8) is 0 Å². The topological polar surface area (TPSA) is 43.5 Å². The zero-order valence-electron chi connectivity index (χ0n) is 29.1. The Morgan fingerprint density at radius 2 is 0.904 bits per heavy atom. The zero-order chi connectivity index (χ0) is 35.5. The summed E-state index contributed by atoms with van der Waals surface area (Å²) in [7, 11) is 0. The van der Waals surface area contributed by atoms with Crippen LogP contribution >= 0.6 is 0 Å². The summed E-state index contributed by atoms with van der Waals surface area (Å²) in [6.07, 6.45) is 8.55. The molecule has 6 aromatic carbocycles. The van der Waals surface area contributed by atoms with Gasteiger partial charge >= 0.3 is 5.97 Å². The van der Waals surface area contributed by atoms with Crippen molar-refractivity contribution in [1.29, 1.82) is 0 Å². The number of aromatic carboxylic acids is 1. The predicted molar refractivity (Wildman–Crippen MR) is 212 cm³/mol. The Morgan fingerprint density at radius 1 is 0.481 bits per heavy atom. The minimum absolute atomic E-state index is 0.273. The van der Waals surface area contributed by atoms with Crippen molar-refractivity contribution in [2.75, 3.05) is 4.90 Å². The first-order valence-corrected chi connectivity index (χ1v) is 17.7. The number of carboxylic acid groups (broad SMARTS) is 1. The van der Waals surface area contributed by atoms with E-state index in [-0.39, 0.29) is 5.56 Å². The molecule has 1 N–H and O–H groups in total. The van der Waals surface area contributed by atoms with E-state index in [1.165, 1.54) is 22.3 Å². The second kappa shape index (κ2) is 16.5. The molecule has 0 atom stereocenters. The molecule has 4 nitrogen and oxygen atoms in total. The van der Waals surface area contributed by atoms with Gasteiger partial charge in [-0.3, -0.25) is 0 Å². The number of rotatable bonds is 12. The molecular formula is C48H41N2O2+. The summed E-state index contributed by atoms with van der Waals surface area (Å²) in [5, 5.41) is 10.3. The van der Waals surface area contributed by atoms with Gasteiger partial charge < -0.3 is 10.0 Å². The van der Waals surface area contributed by atoms with Crippen LogP contribution in [0.5, 0.6) is 0 Å². The standard InChI is InChI=1S/C48H40N2O2/c51-48(52)46-24-14-13-23-45(46)47(41-25-29-43(30-26-41)49(33-37-15-5-1-6-16-37)34-38-17-7-2-8-18-38)42-27-31-44(32-28-42)50(35-39-19-9-3-10-20-39)36-40-21-11-4-12-22-40/h1-32H,33-36H2/p+1. The number of nitrogens with zero attached hydrogens (tertiary/aromatic N) is 2. The molecule has 0 saturated heterocycles. The SMILES string of the molecule is O=C(O)c1ccccc1C(=C1C=CC(=[N+](Cc2ccccc2)Cc2ccccc2)C=C1)c1ccc(N(Cc2ccccc2)Cc2ccccc2)cc1. The summed E-state index contributed by atoms with van der Waals surface area (Å²) < 4.78 is 2.38. The first kappa shape index (κ1) is 34.0. The van der Waals surface area contributed by atoms with Gasteiger partial charge in [-0.1, -0.05) is 152 Å². The number of hydrogen-bond donors (Lipinski definition) is 1. The molecule has 4 heteroatoms. The van der Waals surface area contributed by atoms with Crippen LogP contribution < -0.4 is 4.90 Å². The van der Waals surface area contributed by atoms with Crippen molar-refractivity contribution >= 4 is 22.9 Å². The van der Waals surface area contributed by atoms with Gasteiger partial charge in [0.05, 0.1) is 5.56 Å². The highest BCUT2D eigenvalue weighted by Gasteiger charge is 2.21. The van der Waals surface area contributed by atoms with Crippen LogP contribution in [-0.2, 0) is 26.2 Å². The maximum absolute atomic E-state index is 12.5. The lowest BCUT2D eigenvalue weighted by Gasteiger charge is -2.26. The smallest absolute Gasteiger partial charge is 0.336 e. The molecule has 0 fully saturated rings. The van der Waals surface area contributed by atoms with Crippen molar-refractivity contribution in [3.05, 3.63) is 239 Å². The normalized spacial score (nSPS) is 12.1. The average Bonchev–Trinajstić information content (AvgIpc) is 3.20. The average molecular weight is 678 g/mol. The van der Waals surface area contributed by atoms with Gasteiger partial charge in [0.2, 0.25) is 5.71 Å². The number of allylic oxidation sites excluding steroid dienone is 5. The maximum Gasteiger partial charge on any atom is 0.336 e. The molecule has 0 heterocycles. The molecule has 0 spiro atoms. The second-order valence-corrected chi connectivity index (χ2v) is 13.0. The highest BCUT2D eigenvalue weighted by molar-refractivity contribution is 6.05. The molecule has 1 aliphatic rings. The molecule has 0 unspecified atom stereocenters. The lowest BCUT2D eigenvalue weighted by molar-refractivity contribution is -0.558. The first-order valence-electron chi connectivity index (χ1n) is 17.7. The first-order chi connectivity index (χ1) is 25.6. The number of carboxylic acids is 1. The fourth-order valence-electron chi connectivity index (χ4n) is 6.74. The van der Waals surface area contributed by atoms with E-state index in [0.29, 0.717) is 5.56 Å². The molecule has 254 valence electrons. The summed E-state index contributed by atoms with van der Waals surface area (Å²) in [5.41, 5.74) is 10.9. The van der Waals surface area contributed by atoms with Crippen LogP contribution in [0, 0.1) is 0 Å². The van der Waals surface area contributed by atoms with E-state index in [4.69, 9.17) is 0 Å². The van der Waals surface area contributed by atoms with E-state index in [9.17, 15) is 9.90 Å². The minimum Gasteiger partial charge on any atom is -0.478 e. The van der Waals surface area contributed by atoms with E-state index in [0.717, 1.165) is 54.3 Å². The molecule has 52 heavy (non-hydrogen) atoms. The number of benzene rings is 6. The third-order valence-electron chi connectivity index (χ3n) is 9.33. The third-order valence-corrected chi connectivity index (χ3v) is 9.33. The van der Waals surface area contributed by atoms with Crippen LogP contribution in [0.2, 0.25) is 0 Å². The lowest BCUT2D eigenvalue weighted by atomic mass is 9.88. The zero-order valence-corrected chi connectivity index (χ0v) is 29.1. The van der Waals surface area contributed by atoms with Crippen molar-refractivity contribution < 1.29 is 14.5 Å². The molecule has 0 saturated carbocycles. The number of hydrogen-bond acceptors (Lipinski definition) is 2. The van der Waals surface area contributed by atoms with E-state index in [2.05, 4.69) is 155 Å². The van der Waals surface area contributed by atoms with Crippen LogP contribution in [0.25, 0.3) is 5.57 Å². The van der Waals surface area contributed by atoms with Gasteiger partial charge in [-0.2, -0.15) is 0 Å². The molecule has 0 aromatic heterocycles. The van der Waals surface area contributed by atoms with E-state index < -0.39 is 5.97 Å². The van der Waals surface area contributed by atoms with Gasteiger partial charge in [0.15, 0.2) is 13.1 Å².